The van der Waals surface area contributed by atoms with E-state index in [-0.39, 0.29) is 12.8 Å². The molecule has 12 heteroatoms. The fourth-order valence-corrected chi connectivity index (χ4v) is 4.29. The fourth-order valence-electron chi connectivity index (χ4n) is 4.02. The molecular weight excluding hydrogens is 620 g/mol. The third kappa shape index (κ3) is 10.9. The largest absolute Gasteiger partial charge is 0.480 e. The quantitative estimate of drug-likeness (QED) is 0.183. The Balaban J connectivity index is 2.15. The number of hydrogen-bond acceptors (Lipinski definition) is 6. The molecule has 0 aliphatic heterocycles. The maximum absolute atomic E-state index is 13.3. The number of amides is 4. The van der Waals surface area contributed by atoms with Crippen LogP contribution in [0.25, 0.3) is 0 Å². The van der Waals surface area contributed by atoms with E-state index < -0.39 is 65.0 Å². The van der Waals surface area contributed by atoms with Crippen LogP contribution < -0.4 is 21.3 Å². The minimum Gasteiger partial charge on any atom is -0.480 e. The number of nitrogens with one attached hydrogen (secondary N) is 4. The monoisotopic (exact) mass is 658 g/mol. The van der Waals surface area contributed by atoms with E-state index in [9.17, 15) is 33.9 Å². The van der Waals surface area contributed by atoms with Gasteiger partial charge >= 0.3 is 5.97 Å². The average molecular weight is 660 g/mol. The zero-order valence-electron chi connectivity index (χ0n) is 24.9. The molecule has 0 saturated heterocycles. The van der Waals surface area contributed by atoms with Gasteiger partial charge in [-0.3, -0.25) is 24.0 Å². The molecule has 0 fully saturated rings. The Morgan fingerprint density at radius 3 is 2.00 bits per heavy atom. The lowest BCUT2D eigenvalue weighted by Crippen LogP contribution is -2.60. The molecule has 2 aromatic rings. The highest BCUT2D eigenvalue weighted by molar-refractivity contribution is 9.10. The van der Waals surface area contributed by atoms with Gasteiger partial charge in [-0.1, -0.05) is 78.7 Å². The number of rotatable bonds is 15. The summed E-state index contributed by atoms with van der Waals surface area (Å²) in [5.41, 5.74) is -0.0884. The van der Waals surface area contributed by atoms with Crippen molar-refractivity contribution in [3.63, 3.8) is 0 Å². The van der Waals surface area contributed by atoms with Gasteiger partial charge in [0.15, 0.2) is 0 Å². The van der Waals surface area contributed by atoms with Crippen LogP contribution >= 0.6 is 15.9 Å². The van der Waals surface area contributed by atoms with Gasteiger partial charge in [-0.25, -0.2) is 4.79 Å². The Kier molecular flexibility index (Phi) is 13.0. The second-order valence-electron chi connectivity index (χ2n) is 11.0. The van der Waals surface area contributed by atoms with Crippen LogP contribution in [0.4, 0.5) is 0 Å². The molecule has 2 aromatic carbocycles. The zero-order valence-corrected chi connectivity index (χ0v) is 26.5. The number of carboxylic acids is 1. The van der Waals surface area contributed by atoms with Crippen molar-refractivity contribution < 1.29 is 33.9 Å². The molecule has 0 saturated carbocycles. The van der Waals surface area contributed by atoms with Gasteiger partial charge in [0.25, 0.3) is 5.91 Å². The first-order chi connectivity index (χ1) is 20.1. The molecule has 0 bridgehead atoms. The molecule has 0 aliphatic rings. The SMILES string of the molecule is CC[C@H](C)[C@H](NC(=O)C(=O)C(C)NC(=O)[C@H](Cc1ccc(Br)cc1)NC(=O)Cc1ccccc1)C(=O)NC(C)(C)C(=O)O. The molecular formula is C31H39BrN4O7. The molecule has 4 amide bonds. The normalized spacial score (nSPS) is 13.9. The number of Topliss-reactive ketones (excluding diaryl/α,β-unsaturated/α-hetero) is 1. The van der Waals surface area contributed by atoms with Crippen LogP contribution in [0.2, 0.25) is 0 Å². The molecule has 0 radical (unpaired) electrons. The standard InChI is InChI=1S/C31H39BrN4O7/c1-6-18(2)25(28(40)36-31(4,5)30(42)43)35-29(41)26(38)19(3)33-27(39)23(16-21-12-14-22(32)15-13-21)34-24(37)17-20-10-8-7-9-11-20/h7-15,18-19,23,25H,6,16-17H2,1-5H3,(H,33,39)(H,34,37)(H,35,41)(H,36,40)(H,42,43)/t18-,19?,23-,25-/m0/s1. The Morgan fingerprint density at radius 1 is 0.837 bits per heavy atom. The lowest BCUT2D eigenvalue weighted by Gasteiger charge is -2.28. The van der Waals surface area contributed by atoms with Gasteiger partial charge in [-0.15, -0.1) is 0 Å². The van der Waals surface area contributed by atoms with E-state index in [1.54, 1.807) is 62.4 Å². The molecule has 43 heavy (non-hydrogen) atoms. The summed E-state index contributed by atoms with van der Waals surface area (Å²) in [5.74, 6) is -5.64. The van der Waals surface area contributed by atoms with Crippen molar-refractivity contribution in [1.29, 1.82) is 0 Å². The number of carboxylic acid groups (broad SMARTS) is 1. The van der Waals surface area contributed by atoms with Crippen molar-refractivity contribution in [2.24, 2.45) is 5.92 Å². The van der Waals surface area contributed by atoms with Crippen LogP contribution in [0.3, 0.4) is 0 Å². The molecule has 4 atom stereocenters. The summed E-state index contributed by atoms with van der Waals surface area (Å²) in [5, 5.41) is 19.4. The summed E-state index contributed by atoms with van der Waals surface area (Å²) in [7, 11) is 0. The minimum atomic E-state index is -1.60. The second kappa shape index (κ2) is 16.0. The Morgan fingerprint density at radius 2 is 1.44 bits per heavy atom. The molecule has 5 N–H and O–H groups in total. The number of ketones is 1. The fraction of sp³-hybridized carbons (Fsp3) is 0.419. The number of carbonyl (C=O) groups is 6. The minimum absolute atomic E-state index is 0.0413. The number of aliphatic carboxylic acids is 1. The first kappa shape index (κ1) is 35.1. The predicted molar refractivity (Wildman–Crippen MR) is 164 cm³/mol. The predicted octanol–water partition coefficient (Wildman–Crippen LogP) is 2.30. The summed E-state index contributed by atoms with van der Waals surface area (Å²) in [6, 6.07) is 12.7. The summed E-state index contributed by atoms with van der Waals surface area (Å²) in [6.07, 6.45) is 0.620. The van der Waals surface area contributed by atoms with Gasteiger partial charge in [0.05, 0.1) is 12.5 Å². The van der Waals surface area contributed by atoms with Crippen LogP contribution in [-0.2, 0) is 41.6 Å². The van der Waals surface area contributed by atoms with Crippen LogP contribution in [0.15, 0.2) is 59.1 Å². The zero-order chi connectivity index (χ0) is 32.3. The topological polar surface area (TPSA) is 171 Å². The second-order valence-corrected chi connectivity index (χ2v) is 11.9. The average Bonchev–Trinajstić information content (AvgIpc) is 2.95. The number of carbonyl (C=O) groups excluding carboxylic acids is 5. The van der Waals surface area contributed by atoms with Crippen LogP contribution in [-0.4, -0.2) is 64.2 Å². The third-order valence-electron chi connectivity index (χ3n) is 6.94. The highest BCUT2D eigenvalue weighted by Gasteiger charge is 2.36. The van der Waals surface area contributed by atoms with Crippen molar-refractivity contribution in [1.82, 2.24) is 21.3 Å². The third-order valence-corrected chi connectivity index (χ3v) is 7.47. The van der Waals surface area contributed by atoms with Crippen molar-refractivity contribution in [2.75, 3.05) is 0 Å². The van der Waals surface area contributed by atoms with E-state index >= 15 is 0 Å². The van der Waals surface area contributed by atoms with E-state index in [2.05, 4.69) is 37.2 Å². The number of halogens is 1. The van der Waals surface area contributed by atoms with Gasteiger partial charge in [0.2, 0.25) is 23.5 Å². The van der Waals surface area contributed by atoms with Crippen molar-refractivity contribution in [3.05, 3.63) is 70.2 Å². The van der Waals surface area contributed by atoms with Crippen molar-refractivity contribution in [3.8, 4) is 0 Å². The highest BCUT2D eigenvalue weighted by atomic mass is 79.9. The summed E-state index contributed by atoms with van der Waals surface area (Å²) < 4.78 is 0.839. The molecule has 0 aliphatic carbocycles. The molecule has 232 valence electrons. The maximum atomic E-state index is 13.3. The van der Waals surface area contributed by atoms with Crippen LogP contribution in [0, 0.1) is 5.92 Å². The van der Waals surface area contributed by atoms with Crippen LogP contribution in [0.1, 0.15) is 52.2 Å². The molecule has 2 rings (SSSR count). The lowest BCUT2D eigenvalue weighted by molar-refractivity contribution is -0.147. The smallest absolute Gasteiger partial charge is 0.328 e. The van der Waals surface area contributed by atoms with Crippen molar-refractivity contribution >= 4 is 51.3 Å². The summed E-state index contributed by atoms with van der Waals surface area (Å²) in [6.45, 7) is 7.39. The van der Waals surface area contributed by atoms with E-state index in [1.165, 1.54) is 20.8 Å². The van der Waals surface area contributed by atoms with Gasteiger partial charge in [0, 0.05) is 10.9 Å². The van der Waals surface area contributed by atoms with Gasteiger partial charge in [0.1, 0.15) is 17.6 Å². The van der Waals surface area contributed by atoms with E-state index in [0.29, 0.717) is 6.42 Å². The Bertz CT molecular complexity index is 1320. The summed E-state index contributed by atoms with van der Waals surface area (Å²) >= 11 is 3.36. The summed E-state index contributed by atoms with van der Waals surface area (Å²) in [4.78, 5) is 76.3. The van der Waals surface area contributed by atoms with Gasteiger partial charge in [-0.05, 0) is 49.9 Å². The maximum Gasteiger partial charge on any atom is 0.328 e. The van der Waals surface area contributed by atoms with E-state index in [1.807, 2.05) is 6.07 Å². The van der Waals surface area contributed by atoms with E-state index in [0.717, 1.165) is 15.6 Å². The highest BCUT2D eigenvalue weighted by Crippen LogP contribution is 2.13. The lowest BCUT2D eigenvalue weighted by atomic mass is 9.96. The first-order valence-electron chi connectivity index (χ1n) is 13.9. The molecule has 0 heterocycles. The molecule has 1 unspecified atom stereocenters. The first-order valence-corrected chi connectivity index (χ1v) is 14.7. The Labute approximate surface area is 259 Å². The van der Waals surface area contributed by atoms with Gasteiger partial charge < -0.3 is 26.4 Å². The van der Waals surface area contributed by atoms with Crippen LogP contribution in [0.5, 0.6) is 0 Å². The van der Waals surface area contributed by atoms with E-state index in [4.69, 9.17) is 0 Å². The van der Waals surface area contributed by atoms with Gasteiger partial charge in [-0.2, -0.15) is 0 Å². The number of benzene rings is 2. The van der Waals surface area contributed by atoms with Crippen molar-refractivity contribution in [2.45, 2.75) is 77.5 Å². The Hall–Kier alpha value is -4.06. The molecule has 0 spiro atoms. The molecule has 11 nitrogen and oxygen atoms in total. The number of hydrogen-bond donors (Lipinski definition) is 5. The molecule has 0 aromatic heterocycles.